The minimum atomic E-state index is -0.250. The van der Waals surface area contributed by atoms with E-state index in [9.17, 15) is 14.4 Å². The average Bonchev–Trinajstić information content (AvgIpc) is 3.39. The summed E-state index contributed by atoms with van der Waals surface area (Å²) in [7, 11) is 0. The zero-order valence-corrected chi connectivity index (χ0v) is 17.3. The third kappa shape index (κ3) is 4.81. The molecule has 4 rings (SSSR count). The zero-order chi connectivity index (χ0) is 21.8. The van der Waals surface area contributed by atoms with E-state index in [1.54, 1.807) is 17.0 Å². The Kier molecular flexibility index (Phi) is 6.10. The summed E-state index contributed by atoms with van der Waals surface area (Å²) in [4.78, 5) is 39.9. The van der Waals surface area contributed by atoms with Crippen molar-refractivity contribution in [1.82, 2.24) is 35.7 Å². The van der Waals surface area contributed by atoms with Gasteiger partial charge in [0.25, 0.3) is 5.91 Å². The van der Waals surface area contributed by atoms with Crippen molar-refractivity contribution >= 4 is 17.7 Å². The molecule has 0 spiro atoms. The van der Waals surface area contributed by atoms with Crippen molar-refractivity contribution in [2.24, 2.45) is 0 Å². The minimum Gasteiger partial charge on any atom is -0.491 e. The number of hydrogen-bond acceptors (Lipinski definition) is 7. The standard InChI is InChI=1S/C20H25N7O4/c1-13-2-3-14-8-17(13)31-7-6-21-18(28)9-15-4-5-16(10-22-20(14)30)27(15)19(29)11-26-12-23-24-25-26/h2-3,8,12,15-16H,4-7,9-11H2,1H3,(H,21,28)(H,22,30)/t15-,16+/m0/s1. The monoisotopic (exact) mass is 427 g/mol. The van der Waals surface area contributed by atoms with E-state index in [1.165, 1.54) is 11.0 Å². The van der Waals surface area contributed by atoms with Gasteiger partial charge in [-0.25, -0.2) is 4.68 Å². The highest BCUT2D eigenvalue weighted by atomic mass is 16.5. The number of nitrogens with one attached hydrogen (secondary N) is 2. The van der Waals surface area contributed by atoms with Gasteiger partial charge in [0, 0.05) is 30.6 Å². The van der Waals surface area contributed by atoms with Crippen molar-refractivity contribution in [2.75, 3.05) is 19.7 Å². The van der Waals surface area contributed by atoms with Gasteiger partial charge in [0.1, 0.15) is 25.2 Å². The first-order valence-corrected chi connectivity index (χ1v) is 10.3. The number of fused-ring (bicyclic) bond motifs is 4. The first-order valence-electron chi connectivity index (χ1n) is 10.3. The van der Waals surface area contributed by atoms with Gasteiger partial charge in [-0.1, -0.05) is 6.07 Å². The topological polar surface area (TPSA) is 131 Å². The number of rotatable bonds is 2. The average molecular weight is 427 g/mol. The van der Waals surface area contributed by atoms with E-state index < -0.39 is 0 Å². The minimum absolute atomic E-state index is 0.0231. The molecule has 164 valence electrons. The highest BCUT2D eigenvalue weighted by molar-refractivity contribution is 5.94. The SMILES string of the molecule is Cc1ccc2cc1OCCNC(=O)C[C@@H]1CC[C@H](CNC2=O)N1C(=O)Cn1cnnn1. The van der Waals surface area contributed by atoms with E-state index in [0.29, 0.717) is 37.2 Å². The molecular formula is C20H25N7O4. The van der Waals surface area contributed by atoms with Gasteiger partial charge in [0.2, 0.25) is 11.8 Å². The van der Waals surface area contributed by atoms with Crippen LogP contribution in [0.15, 0.2) is 24.5 Å². The molecule has 1 saturated heterocycles. The highest BCUT2D eigenvalue weighted by Gasteiger charge is 2.38. The second kappa shape index (κ2) is 9.11. The van der Waals surface area contributed by atoms with Crippen molar-refractivity contribution in [3.63, 3.8) is 0 Å². The van der Waals surface area contributed by atoms with Crippen molar-refractivity contribution in [2.45, 2.75) is 44.8 Å². The largest absolute Gasteiger partial charge is 0.491 e. The summed E-state index contributed by atoms with van der Waals surface area (Å²) in [5.74, 6) is 0.0489. The lowest BCUT2D eigenvalue weighted by Gasteiger charge is -2.30. The van der Waals surface area contributed by atoms with E-state index >= 15 is 0 Å². The van der Waals surface area contributed by atoms with Gasteiger partial charge in [-0.05, 0) is 47.9 Å². The predicted molar refractivity (Wildman–Crippen MR) is 108 cm³/mol. The smallest absolute Gasteiger partial charge is 0.251 e. The van der Waals surface area contributed by atoms with Crippen LogP contribution in [0.2, 0.25) is 0 Å². The number of amides is 3. The van der Waals surface area contributed by atoms with Crippen LogP contribution in [-0.4, -0.2) is 74.6 Å². The molecule has 0 aliphatic carbocycles. The van der Waals surface area contributed by atoms with Crippen LogP contribution in [0.5, 0.6) is 5.75 Å². The van der Waals surface area contributed by atoms with Gasteiger partial charge in [0.15, 0.2) is 0 Å². The van der Waals surface area contributed by atoms with Crippen molar-refractivity contribution in [1.29, 1.82) is 0 Å². The second-order valence-electron chi connectivity index (χ2n) is 7.79. The molecule has 3 heterocycles. The van der Waals surface area contributed by atoms with E-state index in [0.717, 1.165) is 5.56 Å². The van der Waals surface area contributed by atoms with E-state index in [4.69, 9.17) is 4.74 Å². The summed E-state index contributed by atoms with van der Waals surface area (Å²) in [6, 6.07) is 4.81. The number of tetrazole rings is 1. The fourth-order valence-electron chi connectivity index (χ4n) is 4.09. The summed E-state index contributed by atoms with van der Waals surface area (Å²) < 4.78 is 7.10. The normalized spacial score (nSPS) is 22.0. The van der Waals surface area contributed by atoms with Gasteiger partial charge in [-0.15, -0.1) is 5.10 Å². The quantitative estimate of drug-likeness (QED) is 0.671. The Morgan fingerprint density at radius 3 is 2.87 bits per heavy atom. The van der Waals surface area contributed by atoms with Crippen LogP contribution in [0.4, 0.5) is 0 Å². The molecular weight excluding hydrogens is 402 g/mol. The van der Waals surface area contributed by atoms with Gasteiger partial charge in [-0.3, -0.25) is 14.4 Å². The molecule has 1 aromatic heterocycles. The number of aromatic nitrogens is 4. The predicted octanol–water partition coefficient (Wildman–Crippen LogP) is -0.330. The lowest BCUT2D eigenvalue weighted by molar-refractivity contribution is -0.135. The van der Waals surface area contributed by atoms with Crippen LogP contribution >= 0.6 is 0 Å². The Morgan fingerprint density at radius 1 is 1.23 bits per heavy atom. The summed E-state index contributed by atoms with van der Waals surface area (Å²) >= 11 is 0. The lowest BCUT2D eigenvalue weighted by atomic mass is 10.1. The molecule has 2 aliphatic heterocycles. The summed E-state index contributed by atoms with van der Waals surface area (Å²) in [6.07, 6.45) is 2.94. The van der Waals surface area contributed by atoms with Crippen molar-refractivity contribution in [3.05, 3.63) is 35.7 Å². The number of carbonyl (C=O) groups excluding carboxylic acids is 3. The van der Waals surface area contributed by atoms with Crippen LogP contribution in [0.25, 0.3) is 0 Å². The van der Waals surface area contributed by atoms with Crippen LogP contribution < -0.4 is 15.4 Å². The fourth-order valence-corrected chi connectivity index (χ4v) is 4.09. The molecule has 2 aromatic rings. The van der Waals surface area contributed by atoms with Gasteiger partial charge < -0.3 is 20.3 Å². The molecule has 1 fully saturated rings. The highest BCUT2D eigenvalue weighted by Crippen LogP contribution is 2.27. The number of aryl methyl sites for hydroxylation is 1. The van der Waals surface area contributed by atoms with E-state index in [1.807, 2.05) is 13.0 Å². The molecule has 0 unspecified atom stereocenters. The number of nitrogens with zero attached hydrogens (tertiary/aromatic N) is 5. The Bertz CT molecular complexity index is 962. The molecule has 4 bridgehead atoms. The lowest BCUT2D eigenvalue weighted by Crippen LogP contribution is -2.49. The van der Waals surface area contributed by atoms with Crippen molar-refractivity contribution < 1.29 is 19.1 Å². The summed E-state index contributed by atoms with van der Waals surface area (Å²) in [5, 5.41) is 16.6. The van der Waals surface area contributed by atoms with Gasteiger partial charge in [-0.2, -0.15) is 0 Å². The Morgan fingerprint density at radius 2 is 2.06 bits per heavy atom. The third-order valence-electron chi connectivity index (χ3n) is 5.65. The molecule has 11 heteroatoms. The maximum absolute atomic E-state index is 13.0. The summed E-state index contributed by atoms with van der Waals surface area (Å²) in [5.41, 5.74) is 1.39. The van der Waals surface area contributed by atoms with Crippen LogP contribution in [0.3, 0.4) is 0 Å². The molecule has 2 aliphatic rings. The molecule has 11 nitrogen and oxygen atoms in total. The zero-order valence-electron chi connectivity index (χ0n) is 17.3. The molecule has 31 heavy (non-hydrogen) atoms. The Balaban J connectivity index is 1.55. The van der Waals surface area contributed by atoms with Crippen LogP contribution in [-0.2, 0) is 16.1 Å². The van der Waals surface area contributed by atoms with Gasteiger partial charge >= 0.3 is 0 Å². The molecule has 0 saturated carbocycles. The maximum atomic E-state index is 13.0. The molecule has 0 radical (unpaired) electrons. The Labute approximate surface area is 179 Å². The van der Waals surface area contributed by atoms with Gasteiger partial charge in [0.05, 0.1) is 6.54 Å². The first-order chi connectivity index (χ1) is 15.0. The number of benzene rings is 1. The third-order valence-corrected chi connectivity index (χ3v) is 5.65. The maximum Gasteiger partial charge on any atom is 0.251 e. The Hall–Kier alpha value is -3.50. The fraction of sp³-hybridized carbons (Fsp3) is 0.500. The number of carbonyl (C=O) groups is 3. The van der Waals surface area contributed by atoms with Crippen LogP contribution in [0, 0.1) is 6.92 Å². The van der Waals surface area contributed by atoms with Crippen LogP contribution in [0.1, 0.15) is 35.2 Å². The molecule has 1 aromatic carbocycles. The van der Waals surface area contributed by atoms with E-state index in [-0.39, 0.29) is 49.4 Å². The molecule has 2 atom stereocenters. The molecule has 3 amide bonds. The number of ether oxygens (including phenoxy) is 1. The molecule has 2 N–H and O–H groups in total. The second-order valence-corrected chi connectivity index (χ2v) is 7.79. The summed E-state index contributed by atoms with van der Waals surface area (Å²) in [6.45, 7) is 2.79. The van der Waals surface area contributed by atoms with Crippen molar-refractivity contribution in [3.8, 4) is 5.75 Å². The van der Waals surface area contributed by atoms with E-state index in [2.05, 4.69) is 26.2 Å². The first kappa shape index (κ1) is 20.8. The number of hydrogen-bond donors (Lipinski definition) is 2.